The molecule has 4 heterocycles. The van der Waals surface area contributed by atoms with Gasteiger partial charge >= 0.3 is 0 Å². The average molecular weight is 539 g/mol. The molecule has 1 N–H and O–H groups in total. The maximum absolute atomic E-state index is 14.7. The Kier molecular flexibility index (Phi) is 6.87. The minimum Gasteiger partial charge on any atom is -0.439 e. The van der Waals surface area contributed by atoms with Gasteiger partial charge in [-0.15, -0.1) is 10.2 Å². The van der Waals surface area contributed by atoms with E-state index >= 15 is 0 Å². The maximum atomic E-state index is 14.7. The topological polar surface area (TPSA) is 110 Å². The zero-order valence-corrected chi connectivity index (χ0v) is 22.1. The number of halogens is 1. The molecule has 6 rings (SSSR count). The van der Waals surface area contributed by atoms with E-state index < -0.39 is 11.6 Å². The molecule has 40 heavy (non-hydrogen) atoms. The monoisotopic (exact) mass is 538 g/mol. The van der Waals surface area contributed by atoms with Gasteiger partial charge in [0.05, 0.1) is 5.52 Å². The van der Waals surface area contributed by atoms with Gasteiger partial charge in [0.1, 0.15) is 30.5 Å². The molecular formula is C29H27FN8O2. The number of ether oxygens (including phenoxy) is 1. The molecule has 0 amide bonds. The first-order chi connectivity index (χ1) is 19.4. The first-order valence-corrected chi connectivity index (χ1v) is 13.0. The average Bonchev–Trinajstić information content (AvgIpc) is 3.58. The summed E-state index contributed by atoms with van der Waals surface area (Å²) in [5.74, 6) is 0.421. The number of aryl methyl sites for hydroxylation is 1. The third-order valence-corrected chi connectivity index (χ3v) is 7.06. The minimum atomic E-state index is -0.684. The van der Waals surface area contributed by atoms with Crippen LogP contribution in [0.4, 0.5) is 15.9 Å². The van der Waals surface area contributed by atoms with E-state index in [2.05, 4.69) is 35.4 Å². The number of fused-ring (bicyclic) bond motifs is 2. The number of likely N-dealkylation sites (tertiary alicyclic amines) is 1. The summed E-state index contributed by atoms with van der Waals surface area (Å²) in [5, 5.41) is 11.9. The molecule has 1 unspecified atom stereocenters. The summed E-state index contributed by atoms with van der Waals surface area (Å²) in [6.45, 7) is 2.85. The zero-order chi connectivity index (χ0) is 27.6. The predicted molar refractivity (Wildman–Crippen MR) is 148 cm³/mol. The van der Waals surface area contributed by atoms with Crippen molar-refractivity contribution in [2.24, 2.45) is 0 Å². The van der Waals surface area contributed by atoms with Gasteiger partial charge in [0, 0.05) is 29.6 Å². The van der Waals surface area contributed by atoms with Crippen molar-refractivity contribution in [3.63, 3.8) is 0 Å². The summed E-state index contributed by atoms with van der Waals surface area (Å²) in [5.41, 5.74) is 3.72. The SMILES string of the molecule is Cc1cc(Nc2ncnc3ccc(CC(=O)/C(F)=C\C4CCCN4C)cc23)ccc1Oc1cc2nncn2cn1. The summed E-state index contributed by atoms with van der Waals surface area (Å²) in [4.78, 5) is 27.8. The van der Waals surface area contributed by atoms with E-state index in [0.717, 1.165) is 36.0 Å². The van der Waals surface area contributed by atoms with E-state index in [9.17, 15) is 9.18 Å². The number of anilines is 2. The van der Waals surface area contributed by atoms with Crippen LogP contribution >= 0.6 is 0 Å². The molecule has 0 aliphatic carbocycles. The highest BCUT2D eigenvalue weighted by Crippen LogP contribution is 2.30. The number of benzene rings is 2. The van der Waals surface area contributed by atoms with Crippen molar-refractivity contribution in [3.05, 3.63) is 84.5 Å². The highest BCUT2D eigenvalue weighted by molar-refractivity contribution is 5.96. The lowest BCUT2D eigenvalue weighted by molar-refractivity contribution is -0.116. The fraction of sp³-hybridized carbons (Fsp3) is 0.241. The molecule has 1 aliphatic heterocycles. The molecule has 1 fully saturated rings. The molecule has 0 radical (unpaired) electrons. The van der Waals surface area contributed by atoms with Crippen LogP contribution in [0.25, 0.3) is 16.6 Å². The third kappa shape index (κ3) is 5.36. The van der Waals surface area contributed by atoms with Crippen molar-refractivity contribution in [1.29, 1.82) is 0 Å². The van der Waals surface area contributed by atoms with Crippen LogP contribution in [0.15, 0.2) is 73.3 Å². The smallest absolute Gasteiger partial charge is 0.224 e. The number of Topliss-reactive ketones (excluding diaryl/α,β-unsaturated/α-hetero) is 1. The number of aromatic nitrogens is 6. The van der Waals surface area contributed by atoms with E-state index in [0.29, 0.717) is 34.2 Å². The Hall–Kier alpha value is -4.77. The lowest BCUT2D eigenvalue weighted by Crippen LogP contribution is -2.23. The molecule has 2 aromatic carbocycles. The van der Waals surface area contributed by atoms with Crippen LogP contribution in [-0.2, 0) is 11.2 Å². The van der Waals surface area contributed by atoms with Gasteiger partial charge in [0.15, 0.2) is 17.3 Å². The number of nitrogens with one attached hydrogen (secondary N) is 1. The molecule has 0 bridgehead atoms. The van der Waals surface area contributed by atoms with Crippen molar-refractivity contribution in [3.8, 4) is 11.6 Å². The number of allylic oxidation sites excluding steroid dienone is 1. The summed E-state index contributed by atoms with van der Waals surface area (Å²) in [6, 6.07) is 12.8. The number of carbonyl (C=O) groups is 1. The third-order valence-electron chi connectivity index (χ3n) is 7.06. The number of carbonyl (C=O) groups excluding carboxylic acids is 1. The number of hydrogen-bond donors (Lipinski definition) is 1. The van der Waals surface area contributed by atoms with Gasteiger partial charge in [0.2, 0.25) is 5.88 Å². The quantitative estimate of drug-likeness (QED) is 0.274. The van der Waals surface area contributed by atoms with Crippen LogP contribution < -0.4 is 10.1 Å². The molecule has 202 valence electrons. The standard InChI is InChI=1S/C29H27FN8O2/c1-18-10-20(6-8-26(18)40-28-14-27-36-34-17-38(27)16-33-28)35-29-22-11-19(5-7-24(22)31-15-32-29)12-25(39)23(30)13-21-4-3-9-37(21)2/h5-8,10-11,13-17,21H,3-4,9,12H2,1-2H3,(H,31,32,35)/b23-13+. The number of rotatable bonds is 8. The van der Waals surface area contributed by atoms with Gasteiger partial charge in [-0.1, -0.05) is 6.07 Å². The maximum Gasteiger partial charge on any atom is 0.224 e. The summed E-state index contributed by atoms with van der Waals surface area (Å²) in [6.07, 6.45) is 7.92. The molecule has 11 heteroatoms. The van der Waals surface area contributed by atoms with Gasteiger partial charge in [0.25, 0.3) is 0 Å². The lowest BCUT2D eigenvalue weighted by Gasteiger charge is -2.15. The van der Waals surface area contributed by atoms with E-state index in [1.54, 1.807) is 29.2 Å². The zero-order valence-electron chi connectivity index (χ0n) is 22.1. The Morgan fingerprint density at radius 1 is 1.15 bits per heavy atom. The second kappa shape index (κ2) is 10.8. The second-order valence-corrected chi connectivity index (χ2v) is 9.91. The van der Waals surface area contributed by atoms with Crippen molar-refractivity contribution in [2.75, 3.05) is 18.9 Å². The Morgan fingerprint density at radius 2 is 2.05 bits per heavy atom. The first-order valence-electron chi connectivity index (χ1n) is 13.0. The number of ketones is 1. The Morgan fingerprint density at radius 3 is 2.88 bits per heavy atom. The molecule has 5 aromatic rings. The van der Waals surface area contributed by atoms with Crippen LogP contribution in [0.2, 0.25) is 0 Å². The van der Waals surface area contributed by atoms with E-state index in [-0.39, 0.29) is 12.5 Å². The molecule has 1 aliphatic rings. The molecule has 1 saturated heterocycles. The van der Waals surface area contributed by atoms with Gasteiger partial charge in [-0.25, -0.2) is 19.3 Å². The molecule has 0 saturated carbocycles. The van der Waals surface area contributed by atoms with Gasteiger partial charge < -0.3 is 10.1 Å². The Bertz CT molecular complexity index is 1750. The first kappa shape index (κ1) is 25.5. The molecular weight excluding hydrogens is 511 g/mol. The fourth-order valence-corrected chi connectivity index (χ4v) is 4.85. The van der Waals surface area contributed by atoms with Gasteiger partial charge in [-0.2, -0.15) is 0 Å². The van der Waals surface area contributed by atoms with E-state index in [1.807, 2.05) is 44.3 Å². The van der Waals surface area contributed by atoms with Crippen molar-refractivity contribution >= 4 is 33.8 Å². The van der Waals surface area contributed by atoms with Crippen LogP contribution in [0, 0.1) is 6.92 Å². The molecule has 0 spiro atoms. The van der Waals surface area contributed by atoms with E-state index in [4.69, 9.17) is 4.74 Å². The van der Waals surface area contributed by atoms with Gasteiger partial charge in [-0.3, -0.25) is 14.1 Å². The van der Waals surface area contributed by atoms with Crippen molar-refractivity contribution < 1.29 is 13.9 Å². The van der Waals surface area contributed by atoms with Crippen LogP contribution in [0.3, 0.4) is 0 Å². The van der Waals surface area contributed by atoms with Crippen LogP contribution in [0.5, 0.6) is 11.6 Å². The minimum absolute atomic E-state index is 0.0289. The normalized spacial score (nSPS) is 16.1. The second-order valence-electron chi connectivity index (χ2n) is 9.91. The highest BCUT2D eigenvalue weighted by atomic mass is 19.1. The molecule has 1 atom stereocenters. The number of nitrogens with zero attached hydrogens (tertiary/aromatic N) is 7. The lowest BCUT2D eigenvalue weighted by atomic mass is 10.0. The predicted octanol–water partition coefficient (Wildman–Crippen LogP) is 4.97. The summed E-state index contributed by atoms with van der Waals surface area (Å²) >= 11 is 0. The molecule has 10 nitrogen and oxygen atoms in total. The summed E-state index contributed by atoms with van der Waals surface area (Å²) < 4.78 is 22.3. The van der Waals surface area contributed by atoms with Gasteiger partial charge in [-0.05, 0) is 80.9 Å². The number of hydrogen-bond acceptors (Lipinski definition) is 9. The highest BCUT2D eigenvalue weighted by Gasteiger charge is 2.21. The van der Waals surface area contributed by atoms with Crippen LogP contribution in [0.1, 0.15) is 24.0 Å². The van der Waals surface area contributed by atoms with E-state index in [1.165, 1.54) is 12.4 Å². The van der Waals surface area contributed by atoms with Crippen molar-refractivity contribution in [2.45, 2.75) is 32.2 Å². The summed E-state index contributed by atoms with van der Waals surface area (Å²) in [7, 11) is 1.95. The Labute approximate surface area is 229 Å². The Balaban J connectivity index is 1.19. The van der Waals surface area contributed by atoms with Crippen LogP contribution in [-0.4, -0.2) is 59.9 Å². The number of likely N-dealkylation sites (N-methyl/N-ethyl adjacent to an activating group) is 1. The van der Waals surface area contributed by atoms with Crippen molar-refractivity contribution in [1.82, 2.24) is 34.4 Å². The largest absolute Gasteiger partial charge is 0.439 e. The fourth-order valence-electron chi connectivity index (χ4n) is 4.85. The molecule has 3 aromatic heterocycles.